The van der Waals surface area contributed by atoms with E-state index in [-0.39, 0.29) is 13.1 Å². The molecule has 0 aliphatic rings. The van der Waals surface area contributed by atoms with Crippen LogP contribution in [-0.2, 0) is 19.1 Å². The van der Waals surface area contributed by atoms with Crippen molar-refractivity contribution >= 4 is 24.1 Å². The van der Waals surface area contributed by atoms with Gasteiger partial charge in [-0.25, -0.2) is 19.2 Å². The van der Waals surface area contributed by atoms with Crippen molar-refractivity contribution in [3.05, 3.63) is 0 Å². The number of rotatable bonds is 23. The summed E-state index contributed by atoms with van der Waals surface area (Å²) in [5.74, 6) is -3.44. The lowest BCUT2D eigenvalue weighted by Gasteiger charge is -2.21. The third-order valence-corrected chi connectivity index (χ3v) is 5.83. The summed E-state index contributed by atoms with van der Waals surface area (Å²) < 4.78 is 9.54. The van der Waals surface area contributed by atoms with Gasteiger partial charge in [0.05, 0.1) is 0 Å². The molecule has 0 aliphatic carbocycles. The van der Waals surface area contributed by atoms with E-state index < -0.39 is 36.3 Å². The van der Waals surface area contributed by atoms with E-state index in [0.29, 0.717) is 12.8 Å². The summed E-state index contributed by atoms with van der Waals surface area (Å²) in [5.41, 5.74) is 0. The van der Waals surface area contributed by atoms with Crippen LogP contribution >= 0.6 is 0 Å². The highest BCUT2D eigenvalue weighted by Gasteiger charge is 2.40. The molecule has 0 fully saturated rings. The molecule has 0 spiro atoms. The lowest BCUT2D eigenvalue weighted by molar-refractivity contribution is -0.166. The number of aliphatic carboxylic acids is 2. The Morgan fingerprint density at radius 2 is 0.806 bits per heavy atom. The van der Waals surface area contributed by atoms with Crippen LogP contribution in [0.4, 0.5) is 9.59 Å². The van der Waals surface area contributed by atoms with Crippen molar-refractivity contribution < 1.29 is 38.9 Å². The summed E-state index contributed by atoms with van der Waals surface area (Å²) in [5, 5.41) is 23.6. The highest BCUT2D eigenvalue weighted by atomic mass is 16.6. The second-order valence-electron chi connectivity index (χ2n) is 9.13. The van der Waals surface area contributed by atoms with Gasteiger partial charge >= 0.3 is 24.1 Å². The zero-order valence-corrected chi connectivity index (χ0v) is 22.2. The Labute approximate surface area is 215 Å². The smallest absolute Gasteiger partial charge is 0.408 e. The number of unbranched alkanes of at least 4 members (excludes halogenated alkanes) is 14. The van der Waals surface area contributed by atoms with Crippen molar-refractivity contribution in [1.29, 1.82) is 0 Å². The molecule has 0 aromatic heterocycles. The largest absolute Gasteiger partial charge is 0.478 e. The molecule has 2 atom stereocenters. The maximum absolute atomic E-state index is 12.0. The van der Waals surface area contributed by atoms with Gasteiger partial charge in [0.2, 0.25) is 12.2 Å². The lowest BCUT2D eigenvalue weighted by atomic mass is 10.1. The molecule has 0 aromatic carbocycles. The van der Waals surface area contributed by atoms with Crippen LogP contribution < -0.4 is 10.6 Å². The predicted molar refractivity (Wildman–Crippen MR) is 137 cm³/mol. The van der Waals surface area contributed by atoms with Gasteiger partial charge in [0.1, 0.15) is 0 Å². The molecule has 0 bridgehead atoms. The quantitative estimate of drug-likeness (QED) is 0.128. The zero-order valence-electron chi connectivity index (χ0n) is 22.2. The van der Waals surface area contributed by atoms with Crippen LogP contribution in [0, 0.1) is 0 Å². The van der Waals surface area contributed by atoms with Gasteiger partial charge in [-0.15, -0.1) is 0 Å². The summed E-state index contributed by atoms with van der Waals surface area (Å²) >= 11 is 0. The van der Waals surface area contributed by atoms with Crippen molar-refractivity contribution in [3.8, 4) is 0 Å². The van der Waals surface area contributed by atoms with Gasteiger partial charge in [-0.3, -0.25) is 0 Å². The Morgan fingerprint density at radius 3 is 1.08 bits per heavy atom. The molecule has 0 saturated carbocycles. The van der Waals surface area contributed by atoms with Crippen LogP contribution in [0.2, 0.25) is 0 Å². The summed E-state index contributed by atoms with van der Waals surface area (Å²) in [7, 11) is 0. The van der Waals surface area contributed by atoms with Crippen LogP contribution in [0.5, 0.6) is 0 Å². The number of carboxylic acids is 2. The summed E-state index contributed by atoms with van der Waals surface area (Å²) in [6, 6.07) is 0. The van der Waals surface area contributed by atoms with Crippen LogP contribution in [0.25, 0.3) is 0 Å². The van der Waals surface area contributed by atoms with Crippen molar-refractivity contribution in [3.63, 3.8) is 0 Å². The first-order valence-electron chi connectivity index (χ1n) is 13.7. The van der Waals surface area contributed by atoms with E-state index in [0.717, 1.165) is 38.5 Å². The molecule has 0 aliphatic heterocycles. The highest BCUT2D eigenvalue weighted by Crippen LogP contribution is 2.10. The first kappa shape index (κ1) is 33.5. The maximum atomic E-state index is 12.0. The molecule has 0 rings (SSSR count). The molecule has 10 nitrogen and oxygen atoms in total. The maximum Gasteiger partial charge on any atom is 0.408 e. The fourth-order valence-corrected chi connectivity index (χ4v) is 3.70. The van der Waals surface area contributed by atoms with Gasteiger partial charge < -0.3 is 30.3 Å². The second-order valence-corrected chi connectivity index (χ2v) is 9.13. The van der Waals surface area contributed by atoms with Gasteiger partial charge in [0.25, 0.3) is 0 Å². The molecule has 0 saturated heterocycles. The Morgan fingerprint density at radius 1 is 0.528 bits per heavy atom. The van der Waals surface area contributed by atoms with Gasteiger partial charge in [0, 0.05) is 13.1 Å². The number of hydrogen-bond donors (Lipinski definition) is 4. The van der Waals surface area contributed by atoms with Gasteiger partial charge in [-0.2, -0.15) is 0 Å². The third kappa shape index (κ3) is 18.8. The molecule has 210 valence electrons. The zero-order chi connectivity index (χ0) is 27.0. The van der Waals surface area contributed by atoms with Crippen LogP contribution in [-0.4, -0.2) is 59.6 Å². The SMILES string of the molecule is CCCCCCCCCCNC(=O)OC(C(=O)O)C(OC(=O)NCCCCCCCCCC)C(=O)O. The van der Waals surface area contributed by atoms with Gasteiger partial charge in [0.15, 0.2) is 0 Å². The molecule has 0 aromatic rings. The number of carboxylic acid groups (broad SMARTS) is 2. The lowest BCUT2D eigenvalue weighted by Crippen LogP contribution is -2.48. The Hall–Kier alpha value is -2.52. The number of nitrogens with one attached hydrogen (secondary N) is 2. The number of ether oxygens (including phenoxy) is 2. The molecular formula is C26H48N2O8. The van der Waals surface area contributed by atoms with E-state index in [9.17, 15) is 29.4 Å². The summed E-state index contributed by atoms with van der Waals surface area (Å²) in [6.07, 6.45) is 10.8. The molecule has 2 amide bonds. The van der Waals surface area contributed by atoms with Crippen LogP contribution in [0.3, 0.4) is 0 Å². The topological polar surface area (TPSA) is 151 Å². The minimum absolute atomic E-state index is 0.276. The highest BCUT2D eigenvalue weighted by molar-refractivity contribution is 5.87. The standard InChI is InChI=1S/C26H48N2O8/c1-3-5-7-9-11-13-15-17-19-27-25(33)35-21(23(29)30)22(24(31)32)36-26(34)28-20-18-16-14-12-10-8-6-4-2/h21-22H,3-20H2,1-2H3,(H,27,33)(H,28,34)(H,29,30)(H,31,32). The fraction of sp³-hybridized carbons (Fsp3) is 0.846. The van der Waals surface area contributed by atoms with Gasteiger partial charge in [-0.05, 0) is 12.8 Å². The first-order valence-corrected chi connectivity index (χ1v) is 13.7. The van der Waals surface area contributed by atoms with E-state index in [1.165, 1.54) is 51.4 Å². The fourth-order valence-electron chi connectivity index (χ4n) is 3.70. The monoisotopic (exact) mass is 516 g/mol. The van der Waals surface area contributed by atoms with Crippen molar-refractivity contribution in [2.75, 3.05) is 13.1 Å². The first-order chi connectivity index (χ1) is 17.3. The normalized spacial score (nSPS) is 12.4. The van der Waals surface area contributed by atoms with E-state index in [1.54, 1.807) is 0 Å². The molecule has 36 heavy (non-hydrogen) atoms. The van der Waals surface area contributed by atoms with E-state index >= 15 is 0 Å². The summed E-state index contributed by atoms with van der Waals surface area (Å²) in [4.78, 5) is 47.0. The average Bonchev–Trinajstić information content (AvgIpc) is 2.83. The number of carbonyl (C=O) groups excluding carboxylic acids is 2. The minimum atomic E-state index is -2.17. The summed E-state index contributed by atoms with van der Waals surface area (Å²) in [6.45, 7) is 4.88. The number of amides is 2. The molecule has 2 unspecified atom stereocenters. The van der Waals surface area contributed by atoms with Crippen LogP contribution in [0.1, 0.15) is 117 Å². The average molecular weight is 517 g/mol. The molecule has 0 radical (unpaired) electrons. The van der Waals surface area contributed by atoms with Crippen molar-refractivity contribution in [2.45, 2.75) is 129 Å². The third-order valence-electron chi connectivity index (χ3n) is 5.83. The molecular weight excluding hydrogens is 468 g/mol. The van der Waals surface area contributed by atoms with Gasteiger partial charge in [-0.1, -0.05) is 104 Å². The minimum Gasteiger partial charge on any atom is -0.478 e. The Bertz CT molecular complexity index is 563. The predicted octanol–water partition coefficient (Wildman–Crippen LogP) is 5.63. The Kier molecular flexibility index (Phi) is 21.3. The second kappa shape index (κ2) is 22.9. The van der Waals surface area contributed by atoms with Crippen molar-refractivity contribution in [2.24, 2.45) is 0 Å². The number of alkyl carbamates (subject to hydrolysis) is 2. The van der Waals surface area contributed by atoms with E-state index in [1.807, 2.05) is 0 Å². The van der Waals surface area contributed by atoms with Crippen LogP contribution in [0.15, 0.2) is 0 Å². The molecule has 0 heterocycles. The molecule has 4 N–H and O–H groups in total. The number of carbonyl (C=O) groups is 4. The van der Waals surface area contributed by atoms with E-state index in [4.69, 9.17) is 9.47 Å². The number of hydrogen-bond acceptors (Lipinski definition) is 6. The Balaban J connectivity index is 4.29. The van der Waals surface area contributed by atoms with E-state index in [2.05, 4.69) is 24.5 Å². The van der Waals surface area contributed by atoms with Crippen molar-refractivity contribution in [1.82, 2.24) is 10.6 Å². The molecule has 10 heteroatoms.